The topological polar surface area (TPSA) is 102 Å². The van der Waals surface area contributed by atoms with Crippen molar-refractivity contribution in [1.29, 1.82) is 0 Å². The molecule has 0 amide bonds. The van der Waals surface area contributed by atoms with Crippen molar-refractivity contribution in [3.05, 3.63) is 107 Å². The zero-order valence-electron chi connectivity index (χ0n) is 15.5. The molecule has 30 heavy (non-hydrogen) atoms. The monoisotopic (exact) mass is 398 g/mol. The van der Waals surface area contributed by atoms with Crippen molar-refractivity contribution in [2.45, 2.75) is 0 Å². The summed E-state index contributed by atoms with van der Waals surface area (Å²) >= 11 is 0. The fourth-order valence-corrected chi connectivity index (χ4v) is 2.68. The Morgan fingerprint density at radius 2 is 0.567 bits per heavy atom. The van der Waals surface area contributed by atoms with Crippen LogP contribution in [0.1, 0.15) is 41.4 Å². The van der Waals surface area contributed by atoms with Crippen LogP contribution in [0.5, 0.6) is 0 Å². The largest absolute Gasteiger partial charge is 0.285 e. The van der Waals surface area contributed by atoms with Gasteiger partial charge in [-0.05, 0) is 0 Å². The summed E-state index contributed by atoms with van der Waals surface area (Å²) in [5.74, 6) is -6.37. The van der Waals surface area contributed by atoms with Gasteiger partial charge in [-0.3, -0.25) is 28.8 Å². The number of hydrogen-bond donors (Lipinski definition) is 0. The number of carbonyl (C=O) groups is 6. The Kier molecular flexibility index (Phi) is 5.98. The second-order valence-corrected chi connectivity index (χ2v) is 6.28. The first-order valence-corrected chi connectivity index (χ1v) is 8.87. The van der Waals surface area contributed by atoms with E-state index < -0.39 is 34.7 Å². The van der Waals surface area contributed by atoms with E-state index >= 15 is 0 Å². The minimum absolute atomic E-state index is 0.0904. The minimum atomic E-state index is -1.21. The molecule has 0 aliphatic carbocycles. The first kappa shape index (κ1) is 20.4. The van der Waals surface area contributed by atoms with Crippen LogP contribution >= 0.6 is 0 Å². The van der Waals surface area contributed by atoms with Gasteiger partial charge in [0, 0.05) is 22.3 Å². The van der Waals surface area contributed by atoms with Crippen molar-refractivity contribution in [1.82, 2.24) is 0 Å². The molecule has 6 heteroatoms. The van der Waals surface area contributed by atoms with Crippen molar-refractivity contribution >= 4 is 34.7 Å². The maximum Gasteiger partial charge on any atom is 0.273 e. The van der Waals surface area contributed by atoms with Crippen molar-refractivity contribution in [2.75, 3.05) is 0 Å². The van der Waals surface area contributed by atoms with Crippen molar-refractivity contribution in [3.8, 4) is 0 Å². The van der Waals surface area contributed by atoms with Gasteiger partial charge in [-0.25, -0.2) is 0 Å². The lowest BCUT2D eigenvalue weighted by Crippen LogP contribution is -2.25. The Labute approximate surface area is 171 Å². The molecule has 0 radical (unpaired) electrons. The summed E-state index contributed by atoms with van der Waals surface area (Å²) < 4.78 is 0. The molecule has 0 aromatic heterocycles. The van der Waals surface area contributed by atoms with Gasteiger partial charge in [0.1, 0.15) is 0 Å². The molecule has 0 fully saturated rings. The highest BCUT2D eigenvalue weighted by atomic mass is 16.2. The Bertz CT molecular complexity index is 1060. The molecular formula is C24H14O6. The highest BCUT2D eigenvalue weighted by Gasteiger charge is 2.27. The van der Waals surface area contributed by atoms with Gasteiger partial charge < -0.3 is 0 Å². The molecule has 0 bridgehead atoms. The molecule has 6 nitrogen and oxygen atoms in total. The Balaban J connectivity index is 1.74. The lowest BCUT2D eigenvalue weighted by atomic mass is 9.97. The molecule has 146 valence electrons. The second kappa shape index (κ2) is 8.79. The molecular weight excluding hydrogens is 384 g/mol. The van der Waals surface area contributed by atoms with E-state index in [1.165, 1.54) is 24.3 Å². The molecule has 0 heterocycles. The van der Waals surface area contributed by atoms with Gasteiger partial charge in [0.25, 0.3) is 11.6 Å². The predicted octanol–water partition coefficient (Wildman–Crippen LogP) is 2.96. The van der Waals surface area contributed by atoms with Gasteiger partial charge in [-0.15, -0.1) is 0 Å². The van der Waals surface area contributed by atoms with Crippen molar-refractivity contribution < 1.29 is 28.8 Å². The highest BCUT2D eigenvalue weighted by Crippen LogP contribution is 2.11. The normalized spacial score (nSPS) is 10.1. The van der Waals surface area contributed by atoms with E-state index in [0.717, 1.165) is 24.3 Å². The van der Waals surface area contributed by atoms with Gasteiger partial charge >= 0.3 is 0 Å². The van der Waals surface area contributed by atoms with E-state index in [4.69, 9.17) is 0 Å². The van der Waals surface area contributed by atoms with E-state index in [-0.39, 0.29) is 22.3 Å². The summed E-state index contributed by atoms with van der Waals surface area (Å²) in [4.78, 5) is 73.1. The van der Waals surface area contributed by atoms with Crippen LogP contribution in [0.2, 0.25) is 0 Å². The molecule has 3 aromatic rings. The standard InChI is InChI=1S/C24H14O6/c25-19(15-7-3-1-4-8-15)23(29)21(27)17-11-13-18(14-12-17)22(28)24(30)20(26)16-9-5-2-6-10-16/h1-14H. The first-order valence-electron chi connectivity index (χ1n) is 8.87. The summed E-state index contributed by atoms with van der Waals surface area (Å²) in [5.41, 5.74) is -0.0364. The molecule has 0 saturated heterocycles. The average molecular weight is 398 g/mol. The molecule has 3 aromatic carbocycles. The van der Waals surface area contributed by atoms with Crippen LogP contribution in [0.3, 0.4) is 0 Å². The summed E-state index contributed by atoms with van der Waals surface area (Å²) in [7, 11) is 0. The molecule has 0 spiro atoms. The van der Waals surface area contributed by atoms with Gasteiger partial charge in [-0.2, -0.15) is 0 Å². The highest BCUT2D eigenvalue weighted by molar-refractivity contribution is 6.70. The van der Waals surface area contributed by atoms with E-state index in [1.54, 1.807) is 36.4 Å². The van der Waals surface area contributed by atoms with Crippen LogP contribution in [0, 0.1) is 0 Å². The molecule has 0 aliphatic heterocycles. The maximum absolute atomic E-state index is 12.3. The van der Waals surface area contributed by atoms with Crippen LogP contribution in [0.15, 0.2) is 84.9 Å². The SMILES string of the molecule is O=C(C(=O)c1ccccc1)C(=O)c1ccc(C(=O)C(=O)C(=O)c2ccccc2)cc1. The van der Waals surface area contributed by atoms with Crippen molar-refractivity contribution in [3.63, 3.8) is 0 Å². The summed E-state index contributed by atoms with van der Waals surface area (Å²) in [6, 6.07) is 19.9. The number of Topliss-reactive ketones (excluding diaryl/α,β-unsaturated/α-hetero) is 6. The van der Waals surface area contributed by atoms with Crippen LogP contribution in [-0.4, -0.2) is 34.7 Å². The molecule has 0 atom stereocenters. The number of benzene rings is 3. The van der Waals surface area contributed by atoms with Gasteiger partial charge in [0.15, 0.2) is 0 Å². The third kappa shape index (κ3) is 4.23. The fourth-order valence-electron chi connectivity index (χ4n) is 2.68. The van der Waals surface area contributed by atoms with E-state index in [0.29, 0.717) is 0 Å². The van der Waals surface area contributed by atoms with Gasteiger partial charge in [0.05, 0.1) is 0 Å². The van der Waals surface area contributed by atoms with Crippen LogP contribution < -0.4 is 0 Å². The Morgan fingerprint density at radius 3 is 0.833 bits per heavy atom. The quantitative estimate of drug-likeness (QED) is 0.328. The lowest BCUT2D eigenvalue weighted by Gasteiger charge is -2.03. The molecule has 0 N–H and O–H groups in total. The molecule has 0 unspecified atom stereocenters. The van der Waals surface area contributed by atoms with E-state index in [1.807, 2.05) is 0 Å². The van der Waals surface area contributed by atoms with Crippen LogP contribution in [0.25, 0.3) is 0 Å². The number of hydrogen-bond acceptors (Lipinski definition) is 6. The Morgan fingerprint density at radius 1 is 0.333 bits per heavy atom. The number of carbonyl (C=O) groups excluding carboxylic acids is 6. The van der Waals surface area contributed by atoms with Crippen LogP contribution in [0.4, 0.5) is 0 Å². The Hall–Kier alpha value is -4.32. The number of ketones is 6. The van der Waals surface area contributed by atoms with E-state index in [9.17, 15) is 28.8 Å². The zero-order chi connectivity index (χ0) is 21.7. The smallest absolute Gasteiger partial charge is 0.273 e. The van der Waals surface area contributed by atoms with Crippen LogP contribution in [-0.2, 0) is 9.59 Å². The van der Waals surface area contributed by atoms with E-state index in [2.05, 4.69) is 0 Å². The third-order valence-corrected chi connectivity index (χ3v) is 4.31. The summed E-state index contributed by atoms with van der Waals surface area (Å²) in [5, 5.41) is 0. The predicted molar refractivity (Wildman–Crippen MR) is 107 cm³/mol. The molecule has 0 aliphatic rings. The lowest BCUT2D eigenvalue weighted by molar-refractivity contribution is -0.111. The minimum Gasteiger partial charge on any atom is -0.285 e. The second-order valence-electron chi connectivity index (χ2n) is 6.28. The zero-order valence-corrected chi connectivity index (χ0v) is 15.5. The summed E-state index contributed by atoms with van der Waals surface area (Å²) in [6.07, 6.45) is 0. The number of rotatable bonds is 8. The van der Waals surface area contributed by atoms with Gasteiger partial charge in [0.2, 0.25) is 23.1 Å². The average Bonchev–Trinajstić information content (AvgIpc) is 2.82. The summed E-state index contributed by atoms with van der Waals surface area (Å²) in [6.45, 7) is 0. The van der Waals surface area contributed by atoms with Gasteiger partial charge in [-0.1, -0.05) is 84.9 Å². The molecule has 0 saturated carbocycles. The maximum atomic E-state index is 12.3. The fraction of sp³-hybridized carbons (Fsp3) is 0. The first-order chi connectivity index (χ1) is 14.4. The molecule has 3 rings (SSSR count). The van der Waals surface area contributed by atoms with Crippen molar-refractivity contribution in [2.24, 2.45) is 0 Å². The third-order valence-electron chi connectivity index (χ3n) is 4.31.